The van der Waals surface area contributed by atoms with Crippen molar-refractivity contribution in [3.8, 4) is 11.5 Å². The molecule has 3 nitrogen and oxygen atoms in total. The van der Waals surface area contributed by atoms with Gasteiger partial charge < -0.3 is 14.0 Å². The van der Waals surface area contributed by atoms with Gasteiger partial charge in [0.1, 0.15) is 18.1 Å². The molecule has 0 bridgehead atoms. The van der Waals surface area contributed by atoms with Crippen LogP contribution in [0.3, 0.4) is 0 Å². The van der Waals surface area contributed by atoms with Gasteiger partial charge in [0.2, 0.25) is 0 Å². The Kier molecular flexibility index (Phi) is 4.25. The van der Waals surface area contributed by atoms with Crippen LogP contribution in [0, 0.1) is 0 Å². The molecule has 2 aromatic carbocycles. The van der Waals surface area contributed by atoms with Crippen LogP contribution in [0.15, 0.2) is 48.7 Å². The summed E-state index contributed by atoms with van der Waals surface area (Å²) >= 11 is 6.13. The van der Waals surface area contributed by atoms with Crippen LogP contribution in [0.25, 0.3) is 10.9 Å². The highest BCUT2D eigenvalue weighted by atomic mass is 35.5. The molecule has 3 aromatic rings. The van der Waals surface area contributed by atoms with Gasteiger partial charge in [0, 0.05) is 34.2 Å². The summed E-state index contributed by atoms with van der Waals surface area (Å²) in [6.45, 7) is 3.55. The zero-order valence-electron chi connectivity index (χ0n) is 12.7. The minimum absolute atomic E-state index is 0.510. The average molecular weight is 316 g/mol. The molecule has 0 aliphatic rings. The average Bonchev–Trinajstić information content (AvgIpc) is 2.90. The second-order valence-electron chi connectivity index (χ2n) is 5.07. The Labute approximate surface area is 135 Å². The van der Waals surface area contributed by atoms with Crippen LogP contribution >= 0.6 is 11.6 Å². The van der Waals surface area contributed by atoms with Crippen molar-refractivity contribution in [3.05, 3.63) is 59.2 Å². The topological polar surface area (TPSA) is 23.4 Å². The third-order valence-corrected chi connectivity index (χ3v) is 3.96. The van der Waals surface area contributed by atoms with E-state index in [1.165, 1.54) is 5.52 Å². The molecule has 0 saturated carbocycles. The zero-order valence-corrected chi connectivity index (χ0v) is 13.4. The third kappa shape index (κ3) is 2.90. The maximum Gasteiger partial charge on any atom is 0.120 e. The summed E-state index contributed by atoms with van der Waals surface area (Å²) in [6.07, 6.45) is 2.13. The Morgan fingerprint density at radius 1 is 1.05 bits per heavy atom. The molecule has 0 amide bonds. The minimum Gasteiger partial charge on any atom is -0.497 e. The van der Waals surface area contributed by atoms with Crippen LogP contribution in [0.1, 0.15) is 12.5 Å². The van der Waals surface area contributed by atoms with E-state index in [1.807, 2.05) is 36.4 Å². The molecule has 0 spiro atoms. The molecule has 0 aliphatic carbocycles. The Morgan fingerprint density at radius 2 is 1.77 bits per heavy atom. The number of halogens is 1. The maximum atomic E-state index is 6.13. The molecule has 3 rings (SSSR count). The van der Waals surface area contributed by atoms with Gasteiger partial charge in [0.15, 0.2) is 0 Å². The first-order valence-electron chi connectivity index (χ1n) is 7.25. The van der Waals surface area contributed by atoms with Gasteiger partial charge in [0.05, 0.1) is 7.11 Å². The summed E-state index contributed by atoms with van der Waals surface area (Å²) in [5.74, 6) is 1.64. The summed E-state index contributed by atoms with van der Waals surface area (Å²) in [5.41, 5.74) is 2.32. The van der Waals surface area contributed by atoms with E-state index in [0.717, 1.165) is 34.0 Å². The van der Waals surface area contributed by atoms with Gasteiger partial charge in [-0.3, -0.25) is 0 Å². The van der Waals surface area contributed by atoms with E-state index < -0.39 is 0 Å². The van der Waals surface area contributed by atoms with Crippen LogP contribution in [0.4, 0.5) is 0 Å². The summed E-state index contributed by atoms with van der Waals surface area (Å²) in [7, 11) is 1.65. The van der Waals surface area contributed by atoms with E-state index in [0.29, 0.717) is 6.61 Å². The monoisotopic (exact) mass is 315 g/mol. The van der Waals surface area contributed by atoms with E-state index in [9.17, 15) is 0 Å². The molecule has 0 atom stereocenters. The van der Waals surface area contributed by atoms with Crippen LogP contribution in [0.5, 0.6) is 11.5 Å². The molecule has 4 heteroatoms. The Morgan fingerprint density at radius 3 is 2.45 bits per heavy atom. The van der Waals surface area contributed by atoms with Crippen molar-refractivity contribution in [1.29, 1.82) is 0 Å². The maximum absolute atomic E-state index is 6.13. The lowest BCUT2D eigenvalue weighted by atomic mass is 10.2. The van der Waals surface area contributed by atoms with Gasteiger partial charge in [-0.2, -0.15) is 0 Å². The summed E-state index contributed by atoms with van der Waals surface area (Å²) in [5, 5.41) is 1.88. The first-order chi connectivity index (χ1) is 10.7. The lowest BCUT2D eigenvalue weighted by Gasteiger charge is -2.06. The van der Waals surface area contributed by atoms with Gasteiger partial charge in [0.25, 0.3) is 0 Å². The highest BCUT2D eigenvalue weighted by Crippen LogP contribution is 2.26. The normalized spacial score (nSPS) is 10.9. The molecule has 114 valence electrons. The quantitative estimate of drug-likeness (QED) is 0.668. The first-order valence-corrected chi connectivity index (χ1v) is 7.63. The number of fused-ring (bicyclic) bond motifs is 1. The highest BCUT2D eigenvalue weighted by Gasteiger charge is 2.09. The second kappa shape index (κ2) is 6.32. The zero-order chi connectivity index (χ0) is 15.5. The molecule has 22 heavy (non-hydrogen) atoms. The fourth-order valence-corrected chi connectivity index (χ4v) is 2.72. The number of nitrogens with zero attached hydrogens (tertiary/aromatic N) is 1. The Balaban J connectivity index is 1.85. The molecule has 1 heterocycles. The van der Waals surface area contributed by atoms with Crippen molar-refractivity contribution in [3.63, 3.8) is 0 Å². The van der Waals surface area contributed by atoms with Crippen molar-refractivity contribution >= 4 is 22.5 Å². The number of aromatic nitrogens is 1. The number of hydrogen-bond acceptors (Lipinski definition) is 2. The standard InChI is InChI=1S/C18H18ClNO2/c1-3-20-11-13(17-10-14(19)4-9-18(17)20)12-22-16-7-5-15(21-2)6-8-16/h4-11H,3,12H2,1-2H3. The van der Waals surface area contributed by atoms with Gasteiger partial charge in [-0.15, -0.1) is 0 Å². The van der Waals surface area contributed by atoms with Crippen LogP contribution < -0.4 is 9.47 Å². The van der Waals surface area contributed by atoms with E-state index in [-0.39, 0.29) is 0 Å². The van der Waals surface area contributed by atoms with Crippen molar-refractivity contribution in [1.82, 2.24) is 4.57 Å². The van der Waals surface area contributed by atoms with Gasteiger partial charge >= 0.3 is 0 Å². The summed E-state index contributed by atoms with van der Waals surface area (Å²) < 4.78 is 13.2. The fourth-order valence-electron chi connectivity index (χ4n) is 2.55. The number of aryl methyl sites for hydroxylation is 1. The predicted molar refractivity (Wildman–Crippen MR) is 89.9 cm³/mol. The minimum atomic E-state index is 0.510. The number of benzene rings is 2. The first kappa shape index (κ1) is 14.8. The number of ether oxygens (including phenoxy) is 2. The third-order valence-electron chi connectivity index (χ3n) is 3.72. The lowest BCUT2D eigenvalue weighted by Crippen LogP contribution is -1.95. The van der Waals surface area contributed by atoms with Crippen molar-refractivity contribution in [2.24, 2.45) is 0 Å². The van der Waals surface area contributed by atoms with Crippen LogP contribution in [-0.4, -0.2) is 11.7 Å². The van der Waals surface area contributed by atoms with Crippen LogP contribution in [0.2, 0.25) is 5.02 Å². The van der Waals surface area contributed by atoms with Gasteiger partial charge in [-0.25, -0.2) is 0 Å². The van der Waals surface area contributed by atoms with Gasteiger partial charge in [-0.1, -0.05) is 11.6 Å². The fraction of sp³-hybridized carbons (Fsp3) is 0.222. The second-order valence-corrected chi connectivity index (χ2v) is 5.50. The molecule has 0 radical (unpaired) electrons. The van der Waals surface area contributed by atoms with Crippen LogP contribution in [-0.2, 0) is 13.2 Å². The van der Waals surface area contributed by atoms with Crippen molar-refractivity contribution in [2.75, 3.05) is 7.11 Å². The van der Waals surface area contributed by atoms with E-state index in [4.69, 9.17) is 21.1 Å². The molecule has 0 aliphatic heterocycles. The number of hydrogen-bond donors (Lipinski definition) is 0. The molecular weight excluding hydrogens is 298 g/mol. The highest BCUT2D eigenvalue weighted by molar-refractivity contribution is 6.31. The smallest absolute Gasteiger partial charge is 0.120 e. The molecule has 0 saturated heterocycles. The summed E-state index contributed by atoms with van der Waals surface area (Å²) in [6, 6.07) is 13.6. The number of methoxy groups -OCH3 is 1. The molecular formula is C18H18ClNO2. The van der Waals surface area contributed by atoms with Gasteiger partial charge in [-0.05, 0) is 49.4 Å². The van der Waals surface area contributed by atoms with Crippen molar-refractivity contribution in [2.45, 2.75) is 20.1 Å². The Bertz CT molecular complexity index is 778. The predicted octanol–water partition coefficient (Wildman–Crippen LogP) is 4.90. The molecule has 0 unspecified atom stereocenters. The lowest BCUT2D eigenvalue weighted by molar-refractivity contribution is 0.306. The molecule has 1 aromatic heterocycles. The summed E-state index contributed by atoms with van der Waals surface area (Å²) in [4.78, 5) is 0. The van der Waals surface area contributed by atoms with Crippen molar-refractivity contribution < 1.29 is 9.47 Å². The largest absolute Gasteiger partial charge is 0.497 e. The van der Waals surface area contributed by atoms with E-state index >= 15 is 0 Å². The molecule has 0 N–H and O–H groups in total. The number of rotatable bonds is 5. The SMILES string of the molecule is CCn1cc(COc2ccc(OC)cc2)c2cc(Cl)ccc21. The molecule has 0 fully saturated rings. The van der Waals surface area contributed by atoms with E-state index in [1.54, 1.807) is 7.11 Å². The van der Waals surface area contributed by atoms with E-state index in [2.05, 4.69) is 23.8 Å². The Hall–Kier alpha value is -2.13.